The molecular formula is C9H8F3N3O. The minimum absolute atomic E-state index is 0.0849. The molecule has 0 aromatic carbocycles. The van der Waals surface area contributed by atoms with Gasteiger partial charge < -0.3 is 10.4 Å². The molecule has 0 spiro atoms. The molecule has 1 aliphatic rings. The predicted molar refractivity (Wildman–Crippen MR) is 51.0 cm³/mol. The van der Waals surface area contributed by atoms with Gasteiger partial charge in [-0.2, -0.15) is 13.2 Å². The summed E-state index contributed by atoms with van der Waals surface area (Å²) in [5.41, 5.74) is -3.33. The van der Waals surface area contributed by atoms with Crippen molar-refractivity contribution < 1.29 is 18.3 Å². The van der Waals surface area contributed by atoms with Crippen molar-refractivity contribution in [2.75, 3.05) is 5.32 Å². The molecule has 86 valence electrons. The van der Waals surface area contributed by atoms with Gasteiger partial charge in [0.05, 0.1) is 17.6 Å². The molecule has 0 unspecified atom stereocenters. The first-order valence-electron chi connectivity index (χ1n) is 4.41. The fourth-order valence-corrected chi connectivity index (χ4v) is 1.60. The van der Waals surface area contributed by atoms with Crippen LogP contribution in [-0.2, 0) is 5.72 Å². The fourth-order valence-electron chi connectivity index (χ4n) is 1.60. The summed E-state index contributed by atoms with van der Waals surface area (Å²) in [7, 11) is 0. The number of nitrogens with one attached hydrogen (secondary N) is 1. The van der Waals surface area contributed by atoms with Crippen molar-refractivity contribution in [1.29, 1.82) is 0 Å². The third kappa shape index (κ3) is 1.35. The van der Waals surface area contributed by atoms with Crippen molar-refractivity contribution in [3.8, 4) is 0 Å². The molecule has 0 saturated heterocycles. The van der Waals surface area contributed by atoms with E-state index in [9.17, 15) is 18.3 Å². The molecule has 1 aliphatic heterocycles. The van der Waals surface area contributed by atoms with Crippen LogP contribution in [0.4, 0.5) is 18.9 Å². The number of alkyl halides is 3. The molecule has 2 heterocycles. The summed E-state index contributed by atoms with van der Waals surface area (Å²) < 4.78 is 38.3. The first kappa shape index (κ1) is 10.9. The van der Waals surface area contributed by atoms with Crippen molar-refractivity contribution in [1.82, 2.24) is 4.98 Å². The topological polar surface area (TPSA) is 57.5 Å². The number of anilines is 1. The van der Waals surface area contributed by atoms with E-state index in [1.54, 1.807) is 0 Å². The van der Waals surface area contributed by atoms with E-state index >= 15 is 0 Å². The minimum atomic E-state index is -4.88. The Morgan fingerprint density at radius 1 is 1.44 bits per heavy atom. The van der Waals surface area contributed by atoms with Gasteiger partial charge in [-0.05, 0) is 13.0 Å². The third-order valence-electron chi connectivity index (χ3n) is 2.36. The quantitative estimate of drug-likeness (QED) is 0.712. The van der Waals surface area contributed by atoms with E-state index in [-0.39, 0.29) is 16.9 Å². The molecule has 0 radical (unpaired) electrons. The van der Waals surface area contributed by atoms with Crippen molar-refractivity contribution in [2.45, 2.75) is 18.8 Å². The van der Waals surface area contributed by atoms with E-state index < -0.39 is 11.9 Å². The number of rotatable bonds is 0. The monoisotopic (exact) mass is 231 g/mol. The zero-order valence-electron chi connectivity index (χ0n) is 8.21. The molecule has 4 nitrogen and oxygen atoms in total. The smallest absolute Gasteiger partial charge is 0.358 e. The lowest BCUT2D eigenvalue weighted by molar-refractivity contribution is -0.263. The Labute approximate surface area is 88.8 Å². The maximum Gasteiger partial charge on any atom is 0.443 e. The van der Waals surface area contributed by atoms with Crippen molar-refractivity contribution in [3.63, 3.8) is 0 Å². The van der Waals surface area contributed by atoms with E-state index in [0.717, 1.165) is 6.34 Å². The number of aromatic nitrogens is 1. The number of halogens is 3. The number of hydrogen-bond donors (Lipinski definition) is 2. The average molecular weight is 231 g/mol. The van der Waals surface area contributed by atoms with Crippen LogP contribution in [0.5, 0.6) is 0 Å². The number of nitrogens with zero attached hydrogens (tertiary/aromatic N) is 2. The second-order valence-electron chi connectivity index (χ2n) is 3.39. The Bertz CT molecular complexity index is 458. The molecule has 7 heteroatoms. The molecule has 16 heavy (non-hydrogen) atoms. The highest BCUT2D eigenvalue weighted by Crippen LogP contribution is 2.45. The predicted octanol–water partition coefficient (Wildman–Crippen LogP) is 1.55. The number of aliphatic imine (C=N–C) groups is 1. The van der Waals surface area contributed by atoms with Crippen molar-refractivity contribution >= 4 is 12.0 Å². The second-order valence-corrected chi connectivity index (χ2v) is 3.39. The first-order valence-corrected chi connectivity index (χ1v) is 4.41. The van der Waals surface area contributed by atoms with Crippen LogP contribution < -0.4 is 5.32 Å². The molecule has 2 N–H and O–H groups in total. The SMILES string of the molecule is Cc1nccc2c1[C@@](O)(C(F)(F)F)N=CN2. The summed E-state index contributed by atoms with van der Waals surface area (Å²) in [6, 6.07) is 1.35. The highest BCUT2D eigenvalue weighted by Gasteiger charge is 2.58. The van der Waals surface area contributed by atoms with Gasteiger partial charge in [0.1, 0.15) is 0 Å². The molecule has 0 aliphatic carbocycles. The minimum Gasteiger partial charge on any atom is -0.358 e. The molecule has 0 fully saturated rings. The molecule has 0 amide bonds. The first-order chi connectivity index (χ1) is 7.36. The fraction of sp³-hybridized carbons (Fsp3) is 0.333. The molecule has 1 atom stereocenters. The van der Waals surface area contributed by atoms with Crippen molar-refractivity contribution in [2.24, 2.45) is 4.99 Å². The van der Waals surface area contributed by atoms with Gasteiger partial charge in [-0.15, -0.1) is 0 Å². The summed E-state index contributed by atoms with van der Waals surface area (Å²) in [5, 5.41) is 12.2. The van der Waals surface area contributed by atoms with E-state index in [1.165, 1.54) is 19.2 Å². The van der Waals surface area contributed by atoms with Crippen LogP contribution in [0, 0.1) is 6.92 Å². The summed E-state index contributed by atoms with van der Waals surface area (Å²) in [5.74, 6) is 0. The van der Waals surface area contributed by atoms with Crippen LogP contribution in [0.2, 0.25) is 0 Å². The lowest BCUT2D eigenvalue weighted by Crippen LogP contribution is -2.44. The Morgan fingerprint density at radius 2 is 2.12 bits per heavy atom. The number of fused-ring (bicyclic) bond motifs is 1. The zero-order valence-corrected chi connectivity index (χ0v) is 8.21. The highest BCUT2D eigenvalue weighted by atomic mass is 19.4. The van der Waals surface area contributed by atoms with Crippen LogP contribution in [-0.4, -0.2) is 22.6 Å². The Morgan fingerprint density at radius 3 is 2.75 bits per heavy atom. The van der Waals surface area contributed by atoms with Crippen LogP contribution in [0.3, 0.4) is 0 Å². The average Bonchev–Trinajstić information content (AvgIpc) is 2.16. The van der Waals surface area contributed by atoms with E-state index in [0.29, 0.717) is 0 Å². The van der Waals surface area contributed by atoms with Gasteiger partial charge in [0, 0.05) is 11.9 Å². The largest absolute Gasteiger partial charge is 0.443 e. The Balaban J connectivity index is 2.69. The molecule has 2 rings (SSSR count). The van der Waals surface area contributed by atoms with Gasteiger partial charge in [-0.1, -0.05) is 0 Å². The van der Waals surface area contributed by atoms with Crippen LogP contribution in [0.1, 0.15) is 11.3 Å². The van der Waals surface area contributed by atoms with Crippen LogP contribution >= 0.6 is 0 Å². The van der Waals surface area contributed by atoms with Gasteiger partial charge in [-0.25, -0.2) is 4.99 Å². The number of pyridine rings is 1. The number of hydrogen-bond acceptors (Lipinski definition) is 4. The lowest BCUT2D eigenvalue weighted by Gasteiger charge is -2.31. The maximum absolute atomic E-state index is 12.8. The molecule has 1 aromatic heterocycles. The Hall–Kier alpha value is -1.63. The Kier molecular flexibility index (Phi) is 2.16. The van der Waals surface area contributed by atoms with E-state index in [4.69, 9.17) is 0 Å². The van der Waals surface area contributed by atoms with Gasteiger partial charge in [0.15, 0.2) is 0 Å². The van der Waals surface area contributed by atoms with E-state index in [2.05, 4.69) is 15.3 Å². The highest BCUT2D eigenvalue weighted by molar-refractivity contribution is 5.81. The van der Waals surface area contributed by atoms with Gasteiger partial charge >= 0.3 is 6.18 Å². The summed E-state index contributed by atoms with van der Waals surface area (Å²) in [4.78, 5) is 6.82. The van der Waals surface area contributed by atoms with E-state index in [1.807, 2.05) is 0 Å². The second kappa shape index (κ2) is 3.18. The zero-order chi connectivity index (χ0) is 12.0. The molecule has 0 bridgehead atoms. The summed E-state index contributed by atoms with van der Waals surface area (Å²) in [6.07, 6.45) is -2.69. The van der Waals surface area contributed by atoms with Gasteiger partial charge in [-0.3, -0.25) is 4.98 Å². The maximum atomic E-state index is 12.8. The van der Waals surface area contributed by atoms with Crippen LogP contribution in [0.15, 0.2) is 17.3 Å². The molecular weight excluding hydrogens is 223 g/mol. The normalized spacial score (nSPS) is 23.8. The van der Waals surface area contributed by atoms with Crippen LogP contribution in [0.25, 0.3) is 0 Å². The number of aliphatic hydroxyl groups is 1. The summed E-state index contributed by atoms with van der Waals surface area (Å²) in [6.45, 7) is 1.39. The van der Waals surface area contributed by atoms with Gasteiger partial charge in [0.25, 0.3) is 5.72 Å². The number of aryl methyl sites for hydroxylation is 1. The summed E-state index contributed by atoms with van der Waals surface area (Å²) >= 11 is 0. The van der Waals surface area contributed by atoms with Gasteiger partial charge in [0.2, 0.25) is 0 Å². The molecule has 1 aromatic rings. The molecule has 0 saturated carbocycles. The van der Waals surface area contributed by atoms with Crippen molar-refractivity contribution in [3.05, 3.63) is 23.5 Å². The third-order valence-corrected chi connectivity index (χ3v) is 2.36. The standard InChI is InChI=1S/C9H8F3N3O/c1-5-7-6(2-3-13-5)14-4-15-8(7,16)9(10,11)12/h2-4,16H,1H3,(H,14,15)/t8-/m1/s1. The lowest BCUT2D eigenvalue weighted by atomic mass is 9.98.